The van der Waals surface area contributed by atoms with Crippen LogP contribution in [0.2, 0.25) is 0 Å². The van der Waals surface area contributed by atoms with Gasteiger partial charge in [0.1, 0.15) is 24.4 Å². The molecule has 1 fully saturated rings. The van der Waals surface area contributed by atoms with Crippen LogP contribution in [-0.4, -0.2) is 86.6 Å². The zero-order valence-electron chi connectivity index (χ0n) is 9.29. The largest absolute Gasteiger partial charge is 0.431 e. The second kappa shape index (κ2) is 6.38. The van der Waals surface area contributed by atoms with Crippen LogP contribution in [0.15, 0.2) is 0 Å². The number of aliphatic hydroxyl groups is 6. The van der Waals surface area contributed by atoms with Crippen LogP contribution >= 0.6 is 0 Å². The molecule has 1 saturated heterocycles. The number of aliphatic hydroxyl groups excluding tert-OH is 6. The molecule has 0 saturated carbocycles. The van der Waals surface area contributed by atoms with E-state index in [1.807, 2.05) is 0 Å². The molecule has 106 valence electrons. The summed E-state index contributed by atoms with van der Waals surface area (Å²) >= 11 is 0. The fourth-order valence-corrected chi connectivity index (χ4v) is 1.43. The first-order chi connectivity index (χ1) is 8.42. The first-order valence-electron chi connectivity index (χ1n) is 5.22. The van der Waals surface area contributed by atoms with Crippen molar-refractivity contribution in [3.8, 4) is 0 Å². The Balaban J connectivity index is 2.67. The van der Waals surface area contributed by atoms with E-state index in [1.54, 1.807) is 0 Å². The van der Waals surface area contributed by atoms with Gasteiger partial charge in [0.2, 0.25) is 6.29 Å². The molecule has 18 heavy (non-hydrogen) atoms. The normalized spacial score (nSPS) is 38.2. The molecule has 9 heteroatoms. The van der Waals surface area contributed by atoms with Crippen LogP contribution in [0.1, 0.15) is 0 Å². The smallest absolute Gasteiger partial charge is 0.339 e. The fourth-order valence-electron chi connectivity index (χ4n) is 1.43. The third-order valence-electron chi connectivity index (χ3n) is 2.53. The van der Waals surface area contributed by atoms with Crippen molar-refractivity contribution >= 4 is 5.97 Å². The molecule has 0 bridgehead atoms. The molecular formula is C9H16O9. The van der Waals surface area contributed by atoms with Gasteiger partial charge in [-0.1, -0.05) is 0 Å². The van der Waals surface area contributed by atoms with Crippen LogP contribution in [-0.2, 0) is 14.3 Å². The lowest BCUT2D eigenvalue weighted by Gasteiger charge is -2.39. The van der Waals surface area contributed by atoms with E-state index in [9.17, 15) is 20.1 Å². The summed E-state index contributed by atoms with van der Waals surface area (Å²) in [6.07, 6.45) is -9.67. The minimum absolute atomic E-state index is 0.665. The Bertz CT molecular complexity index is 281. The lowest BCUT2D eigenvalue weighted by Crippen LogP contribution is -2.59. The highest BCUT2D eigenvalue weighted by molar-refractivity contribution is 5.74. The molecule has 0 aromatic rings. The van der Waals surface area contributed by atoms with Gasteiger partial charge in [0, 0.05) is 0 Å². The standard InChI is InChI=1S/C9H16O9/c10-1-3(12)8(16)18-9-7(15)6(14)5(13)4(2-11)17-9/h3-7,9-15H,1-2H2/t3?,4-,5-,6+,7+,9+/m1/s1. The molecular weight excluding hydrogens is 252 g/mol. The molecule has 1 heterocycles. The number of hydrogen-bond donors (Lipinski definition) is 6. The highest BCUT2D eigenvalue weighted by Gasteiger charge is 2.45. The lowest BCUT2D eigenvalue weighted by atomic mass is 9.99. The molecule has 0 aromatic carbocycles. The fraction of sp³-hybridized carbons (Fsp3) is 0.889. The van der Waals surface area contributed by atoms with Crippen molar-refractivity contribution in [3.63, 3.8) is 0 Å². The maximum absolute atomic E-state index is 11.1. The van der Waals surface area contributed by atoms with E-state index in [1.165, 1.54) is 0 Å². The van der Waals surface area contributed by atoms with Gasteiger partial charge in [-0.2, -0.15) is 0 Å². The highest BCUT2D eigenvalue weighted by atomic mass is 16.7. The average Bonchev–Trinajstić information content (AvgIpc) is 2.38. The number of esters is 1. The third kappa shape index (κ3) is 3.14. The van der Waals surface area contributed by atoms with Crippen LogP contribution in [0.4, 0.5) is 0 Å². The summed E-state index contributed by atoms with van der Waals surface area (Å²) < 4.78 is 9.35. The van der Waals surface area contributed by atoms with Crippen LogP contribution in [0.5, 0.6) is 0 Å². The van der Waals surface area contributed by atoms with E-state index < -0.39 is 56.0 Å². The minimum atomic E-state index is -1.81. The van der Waals surface area contributed by atoms with Crippen molar-refractivity contribution in [2.24, 2.45) is 0 Å². The summed E-state index contributed by atoms with van der Waals surface area (Å²) in [5.41, 5.74) is 0. The molecule has 0 amide bonds. The molecule has 1 aliphatic rings. The topological polar surface area (TPSA) is 157 Å². The maximum atomic E-state index is 11.1. The van der Waals surface area contributed by atoms with Gasteiger partial charge in [-0.05, 0) is 0 Å². The Hall–Kier alpha value is -0.810. The van der Waals surface area contributed by atoms with E-state index in [-0.39, 0.29) is 0 Å². The van der Waals surface area contributed by atoms with Crippen molar-refractivity contribution in [1.82, 2.24) is 0 Å². The summed E-state index contributed by atoms with van der Waals surface area (Å²) in [5, 5.41) is 54.6. The third-order valence-corrected chi connectivity index (χ3v) is 2.53. The molecule has 0 aromatic heterocycles. The van der Waals surface area contributed by atoms with Gasteiger partial charge in [0.15, 0.2) is 6.10 Å². The lowest BCUT2D eigenvalue weighted by molar-refractivity contribution is -0.294. The number of ether oxygens (including phenoxy) is 2. The van der Waals surface area contributed by atoms with E-state index in [4.69, 9.17) is 20.1 Å². The van der Waals surface area contributed by atoms with Crippen LogP contribution < -0.4 is 0 Å². The van der Waals surface area contributed by atoms with Gasteiger partial charge in [-0.3, -0.25) is 0 Å². The van der Waals surface area contributed by atoms with E-state index >= 15 is 0 Å². The van der Waals surface area contributed by atoms with E-state index in [0.29, 0.717) is 0 Å². The van der Waals surface area contributed by atoms with Gasteiger partial charge in [-0.15, -0.1) is 0 Å². The second-order valence-electron chi connectivity index (χ2n) is 3.83. The predicted molar refractivity (Wildman–Crippen MR) is 53.0 cm³/mol. The van der Waals surface area contributed by atoms with Crippen molar-refractivity contribution in [3.05, 3.63) is 0 Å². The molecule has 0 spiro atoms. The van der Waals surface area contributed by atoms with Crippen molar-refractivity contribution in [1.29, 1.82) is 0 Å². The quantitative estimate of drug-likeness (QED) is 0.277. The van der Waals surface area contributed by atoms with Crippen LogP contribution in [0, 0.1) is 0 Å². The molecule has 6 N–H and O–H groups in total. The first kappa shape index (κ1) is 15.2. The summed E-state index contributed by atoms with van der Waals surface area (Å²) in [6.45, 7) is -1.54. The Labute approximate surface area is 102 Å². The average molecular weight is 268 g/mol. The van der Waals surface area contributed by atoms with Crippen molar-refractivity contribution < 1.29 is 44.9 Å². The summed E-state index contributed by atoms with van der Waals surface area (Å²) in [6, 6.07) is 0. The van der Waals surface area contributed by atoms with Gasteiger partial charge < -0.3 is 40.1 Å². The van der Waals surface area contributed by atoms with Gasteiger partial charge in [-0.25, -0.2) is 4.79 Å². The Morgan fingerprint density at radius 1 is 1.17 bits per heavy atom. The van der Waals surface area contributed by atoms with Crippen molar-refractivity contribution in [2.75, 3.05) is 13.2 Å². The van der Waals surface area contributed by atoms with Gasteiger partial charge in [0.25, 0.3) is 0 Å². The Morgan fingerprint density at radius 2 is 1.78 bits per heavy atom. The number of rotatable bonds is 4. The summed E-state index contributed by atoms with van der Waals surface area (Å²) in [4.78, 5) is 11.1. The molecule has 0 radical (unpaired) electrons. The van der Waals surface area contributed by atoms with Crippen molar-refractivity contribution in [2.45, 2.75) is 36.8 Å². The van der Waals surface area contributed by atoms with Crippen LogP contribution in [0.3, 0.4) is 0 Å². The van der Waals surface area contributed by atoms with Gasteiger partial charge in [0.05, 0.1) is 13.2 Å². The van der Waals surface area contributed by atoms with Crippen LogP contribution in [0.25, 0.3) is 0 Å². The zero-order valence-corrected chi connectivity index (χ0v) is 9.29. The number of carbonyl (C=O) groups excluding carboxylic acids is 1. The van der Waals surface area contributed by atoms with E-state index in [2.05, 4.69) is 4.74 Å². The molecule has 1 aliphatic heterocycles. The summed E-state index contributed by atoms with van der Waals surface area (Å²) in [7, 11) is 0. The highest BCUT2D eigenvalue weighted by Crippen LogP contribution is 2.22. The predicted octanol–water partition coefficient (Wildman–Crippen LogP) is -4.32. The van der Waals surface area contributed by atoms with Gasteiger partial charge >= 0.3 is 5.97 Å². The molecule has 6 atom stereocenters. The zero-order chi connectivity index (χ0) is 13.9. The maximum Gasteiger partial charge on any atom is 0.339 e. The number of carbonyl (C=O) groups is 1. The summed E-state index contributed by atoms with van der Waals surface area (Å²) in [5.74, 6) is -1.26. The molecule has 9 nitrogen and oxygen atoms in total. The monoisotopic (exact) mass is 268 g/mol. The van der Waals surface area contributed by atoms with E-state index in [0.717, 1.165) is 0 Å². The molecule has 1 rings (SSSR count). The second-order valence-corrected chi connectivity index (χ2v) is 3.83. The SMILES string of the molecule is O=C(O[C@@H]1O[C@H](CO)[C@@H](O)[C@H](O)[C@@H]1O)C(O)CO. The molecule has 1 unspecified atom stereocenters. The first-order valence-corrected chi connectivity index (χ1v) is 5.22. The Morgan fingerprint density at radius 3 is 2.28 bits per heavy atom. The number of hydrogen-bond acceptors (Lipinski definition) is 9. The molecule has 0 aliphatic carbocycles. The minimum Gasteiger partial charge on any atom is -0.431 e. The Kier molecular flexibility index (Phi) is 5.41.